The van der Waals surface area contributed by atoms with Crippen LogP contribution in [0.4, 0.5) is 0 Å². The van der Waals surface area contributed by atoms with Gasteiger partial charge in [-0.1, -0.05) is 19.9 Å². The predicted molar refractivity (Wildman–Crippen MR) is 100 cm³/mol. The maximum absolute atomic E-state index is 12.5. The van der Waals surface area contributed by atoms with Gasteiger partial charge in [-0.2, -0.15) is 0 Å². The summed E-state index contributed by atoms with van der Waals surface area (Å²) in [6, 6.07) is 5.40. The molecular weight excluding hydrogens is 336 g/mol. The van der Waals surface area contributed by atoms with Crippen LogP contribution in [-0.4, -0.2) is 38.9 Å². The van der Waals surface area contributed by atoms with Gasteiger partial charge in [0.1, 0.15) is 0 Å². The number of carbonyl (C=O) groups excluding carboxylic acids is 1. The fourth-order valence-electron chi connectivity index (χ4n) is 3.31. The Hall–Kier alpha value is -1.40. The monoisotopic (exact) mass is 366 g/mol. The zero-order chi connectivity index (χ0) is 18.3. The summed E-state index contributed by atoms with van der Waals surface area (Å²) < 4.78 is 27.5. The molecule has 1 N–H and O–H groups in total. The first-order valence-electron chi connectivity index (χ1n) is 9.37. The minimum absolute atomic E-state index is 0.0110. The van der Waals surface area contributed by atoms with E-state index in [1.165, 1.54) is 12.0 Å². The van der Waals surface area contributed by atoms with Crippen molar-refractivity contribution in [3.8, 4) is 0 Å². The van der Waals surface area contributed by atoms with Gasteiger partial charge in [0.25, 0.3) is 0 Å². The van der Waals surface area contributed by atoms with Gasteiger partial charge < -0.3 is 4.90 Å². The maximum atomic E-state index is 12.5. The van der Waals surface area contributed by atoms with Gasteiger partial charge in [-0.15, -0.1) is 0 Å². The average Bonchev–Trinajstić information content (AvgIpc) is 2.61. The zero-order valence-electron chi connectivity index (χ0n) is 15.4. The summed E-state index contributed by atoms with van der Waals surface area (Å²) in [4.78, 5) is 14.3. The highest BCUT2D eigenvalue weighted by molar-refractivity contribution is 7.89. The summed E-state index contributed by atoms with van der Waals surface area (Å²) in [5, 5.41) is 0. The van der Waals surface area contributed by atoms with Crippen LogP contribution in [-0.2, 0) is 27.7 Å². The Morgan fingerprint density at radius 1 is 1.08 bits per heavy atom. The summed E-state index contributed by atoms with van der Waals surface area (Å²) in [6.07, 6.45) is 6.28. The van der Waals surface area contributed by atoms with Crippen LogP contribution in [0, 0.1) is 0 Å². The summed E-state index contributed by atoms with van der Waals surface area (Å²) in [5.41, 5.74) is 2.40. The van der Waals surface area contributed by atoms with E-state index in [0.29, 0.717) is 4.90 Å². The summed E-state index contributed by atoms with van der Waals surface area (Å²) in [6.45, 7) is 5.67. The third-order valence-corrected chi connectivity index (χ3v) is 6.06. The van der Waals surface area contributed by atoms with Gasteiger partial charge in [0.2, 0.25) is 15.9 Å². The molecule has 0 saturated carbocycles. The molecule has 1 amide bonds. The molecule has 0 aliphatic heterocycles. The number of amides is 1. The lowest BCUT2D eigenvalue weighted by molar-refractivity contribution is -0.131. The number of fused-ring (bicyclic) bond motifs is 1. The molecule has 1 aromatic rings. The van der Waals surface area contributed by atoms with Gasteiger partial charge in [0, 0.05) is 26.1 Å². The summed E-state index contributed by atoms with van der Waals surface area (Å²) in [5.74, 6) is 0.0110. The largest absolute Gasteiger partial charge is 0.343 e. The Bertz CT molecular complexity index is 680. The third-order valence-electron chi connectivity index (χ3n) is 4.60. The number of hydrogen-bond donors (Lipinski definition) is 1. The normalized spacial score (nSPS) is 14.2. The Labute approximate surface area is 151 Å². The van der Waals surface area contributed by atoms with E-state index in [9.17, 15) is 13.2 Å². The number of aryl methyl sites for hydroxylation is 2. The van der Waals surface area contributed by atoms with E-state index in [1.54, 1.807) is 12.1 Å². The third kappa shape index (κ3) is 5.54. The highest BCUT2D eigenvalue weighted by atomic mass is 32.2. The van der Waals surface area contributed by atoms with Crippen molar-refractivity contribution in [2.45, 2.75) is 63.7 Å². The van der Waals surface area contributed by atoms with Crippen LogP contribution >= 0.6 is 0 Å². The van der Waals surface area contributed by atoms with Gasteiger partial charge in [-0.3, -0.25) is 4.79 Å². The Morgan fingerprint density at radius 2 is 1.72 bits per heavy atom. The van der Waals surface area contributed by atoms with E-state index < -0.39 is 10.0 Å². The standard InChI is InChI=1S/C19H30N2O3S/c1-3-13-21(14-4-2)19(22)11-12-20-25(23,24)18-10-9-16-7-5-6-8-17(16)15-18/h9-10,15,20H,3-8,11-14H2,1-2H3. The van der Waals surface area contributed by atoms with Crippen molar-refractivity contribution in [1.29, 1.82) is 0 Å². The molecule has 5 nitrogen and oxygen atoms in total. The van der Waals surface area contributed by atoms with Crippen LogP contribution in [0.1, 0.15) is 57.1 Å². The molecule has 0 atom stereocenters. The van der Waals surface area contributed by atoms with E-state index in [0.717, 1.165) is 50.8 Å². The Balaban J connectivity index is 1.94. The fraction of sp³-hybridized carbons (Fsp3) is 0.632. The quantitative estimate of drug-likeness (QED) is 0.731. The first-order valence-corrected chi connectivity index (χ1v) is 10.9. The number of sulfonamides is 1. The molecule has 0 spiro atoms. The molecule has 1 aromatic carbocycles. The zero-order valence-corrected chi connectivity index (χ0v) is 16.2. The van der Waals surface area contributed by atoms with Crippen molar-refractivity contribution in [2.75, 3.05) is 19.6 Å². The van der Waals surface area contributed by atoms with Crippen LogP contribution in [0.15, 0.2) is 23.1 Å². The molecule has 6 heteroatoms. The summed E-state index contributed by atoms with van der Waals surface area (Å²) >= 11 is 0. The van der Waals surface area contributed by atoms with Gasteiger partial charge in [0.05, 0.1) is 4.90 Å². The lowest BCUT2D eigenvalue weighted by Crippen LogP contribution is -2.35. The molecule has 140 valence electrons. The molecule has 1 aliphatic carbocycles. The molecule has 0 fully saturated rings. The number of hydrogen-bond acceptors (Lipinski definition) is 3. The van der Waals surface area contributed by atoms with Crippen LogP contribution in [0.5, 0.6) is 0 Å². The van der Waals surface area contributed by atoms with Crippen molar-refractivity contribution in [3.05, 3.63) is 29.3 Å². The first kappa shape index (κ1) is 19.9. The molecule has 0 aromatic heterocycles. The van der Waals surface area contributed by atoms with Crippen LogP contribution in [0.25, 0.3) is 0 Å². The second-order valence-electron chi connectivity index (χ2n) is 6.67. The van der Waals surface area contributed by atoms with Crippen molar-refractivity contribution in [1.82, 2.24) is 9.62 Å². The highest BCUT2D eigenvalue weighted by Gasteiger charge is 2.18. The van der Waals surface area contributed by atoms with Gasteiger partial charge in [0.15, 0.2) is 0 Å². The van der Waals surface area contributed by atoms with E-state index in [1.807, 2.05) is 24.8 Å². The summed E-state index contributed by atoms with van der Waals surface area (Å²) in [7, 11) is -3.56. The lowest BCUT2D eigenvalue weighted by Gasteiger charge is -2.21. The van der Waals surface area contributed by atoms with Crippen molar-refractivity contribution in [2.24, 2.45) is 0 Å². The van der Waals surface area contributed by atoms with E-state index in [2.05, 4.69) is 4.72 Å². The van der Waals surface area contributed by atoms with Crippen molar-refractivity contribution in [3.63, 3.8) is 0 Å². The Kier molecular flexibility index (Phi) is 7.44. The van der Waals surface area contributed by atoms with Gasteiger partial charge in [-0.25, -0.2) is 13.1 Å². The van der Waals surface area contributed by atoms with E-state index in [-0.39, 0.29) is 18.9 Å². The first-order chi connectivity index (χ1) is 12.0. The number of rotatable bonds is 9. The number of nitrogens with one attached hydrogen (secondary N) is 1. The SMILES string of the molecule is CCCN(CCC)C(=O)CCNS(=O)(=O)c1ccc2c(c1)CCCC2. The van der Waals surface area contributed by atoms with Gasteiger partial charge >= 0.3 is 0 Å². The number of benzene rings is 1. The van der Waals surface area contributed by atoms with Crippen LogP contribution in [0.3, 0.4) is 0 Å². The topological polar surface area (TPSA) is 66.5 Å². The smallest absolute Gasteiger partial charge is 0.240 e. The van der Waals surface area contributed by atoms with Crippen molar-refractivity contribution < 1.29 is 13.2 Å². The molecule has 1 aliphatic rings. The average molecular weight is 367 g/mol. The molecule has 0 bridgehead atoms. The lowest BCUT2D eigenvalue weighted by atomic mass is 9.92. The molecule has 0 radical (unpaired) electrons. The van der Waals surface area contributed by atoms with E-state index in [4.69, 9.17) is 0 Å². The fourth-order valence-corrected chi connectivity index (χ4v) is 4.39. The number of nitrogens with zero attached hydrogens (tertiary/aromatic N) is 1. The van der Waals surface area contributed by atoms with E-state index >= 15 is 0 Å². The second-order valence-corrected chi connectivity index (χ2v) is 8.43. The molecule has 0 heterocycles. The van der Waals surface area contributed by atoms with Crippen LogP contribution < -0.4 is 4.72 Å². The van der Waals surface area contributed by atoms with Gasteiger partial charge in [-0.05, 0) is 61.8 Å². The minimum atomic E-state index is -3.56. The minimum Gasteiger partial charge on any atom is -0.343 e. The highest BCUT2D eigenvalue weighted by Crippen LogP contribution is 2.24. The molecule has 25 heavy (non-hydrogen) atoms. The second kappa shape index (κ2) is 9.34. The maximum Gasteiger partial charge on any atom is 0.240 e. The predicted octanol–water partition coefficient (Wildman–Crippen LogP) is 2.88. The number of carbonyl (C=O) groups is 1. The Morgan fingerprint density at radius 3 is 2.36 bits per heavy atom. The molecular formula is C19H30N2O3S. The molecule has 0 saturated heterocycles. The molecule has 2 rings (SSSR count). The molecule has 0 unspecified atom stereocenters. The van der Waals surface area contributed by atoms with Crippen LogP contribution in [0.2, 0.25) is 0 Å². The van der Waals surface area contributed by atoms with Crippen molar-refractivity contribution >= 4 is 15.9 Å².